The minimum absolute atomic E-state index is 0.0145. The zero-order chi connectivity index (χ0) is 11.7. The molecule has 0 fully saturated rings. The summed E-state index contributed by atoms with van der Waals surface area (Å²) in [5, 5.41) is 11.7. The number of aliphatic hydroxyl groups excluding tert-OH is 1. The van der Waals surface area contributed by atoms with Crippen LogP contribution in [-0.4, -0.2) is 53.8 Å². The van der Waals surface area contributed by atoms with E-state index in [1.807, 2.05) is 13.2 Å². The molecule has 0 bridgehead atoms. The third-order valence-electron chi connectivity index (χ3n) is 2.23. The van der Waals surface area contributed by atoms with Gasteiger partial charge in [0.2, 0.25) is 0 Å². The fraction of sp³-hybridized carbons (Fsp3) is 0.900. The molecular weight excluding hydrogens is 212 g/mol. The number of hydrogen-bond donors (Lipinski definition) is 2. The summed E-state index contributed by atoms with van der Waals surface area (Å²) in [5.41, 5.74) is 0. The predicted octanol–water partition coefficient (Wildman–Crippen LogP) is 1.15. The quantitative estimate of drug-likeness (QED) is 0.695. The zero-order valence-electron chi connectivity index (χ0n) is 9.82. The van der Waals surface area contributed by atoms with Gasteiger partial charge < -0.3 is 15.3 Å². The van der Waals surface area contributed by atoms with Crippen LogP contribution >= 0.6 is 11.8 Å². The molecule has 0 saturated heterocycles. The van der Waals surface area contributed by atoms with Gasteiger partial charge in [0.05, 0.1) is 6.61 Å². The van der Waals surface area contributed by atoms with E-state index in [2.05, 4.69) is 12.2 Å². The fourth-order valence-corrected chi connectivity index (χ4v) is 1.97. The van der Waals surface area contributed by atoms with Crippen LogP contribution in [0.25, 0.3) is 0 Å². The van der Waals surface area contributed by atoms with Crippen molar-refractivity contribution in [3.05, 3.63) is 0 Å². The van der Waals surface area contributed by atoms with Crippen LogP contribution in [0.2, 0.25) is 0 Å². The first-order valence-electron chi connectivity index (χ1n) is 5.34. The molecule has 15 heavy (non-hydrogen) atoms. The van der Waals surface area contributed by atoms with E-state index in [0.717, 1.165) is 12.2 Å². The average molecular weight is 234 g/mol. The molecule has 0 aromatic heterocycles. The number of nitrogens with one attached hydrogen (secondary N) is 1. The van der Waals surface area contributed by atoms with Crippen LogP contribution in [0.1, 0.15) is 20.3 Å². The zero-order valence-corrected chi connectivity index (χ0v) is 10.6. The highest BCUT2D eigenvalue weighted by atomic mass is 32.2. The molecule has 0 saturated carbocycles. The van der Waals surface area contributed by atoms with E-state index in [9.17, 15) is 4.79 Å². The van der Waals surface area contributed by atoms with Crippen molar-refractivity contribution < 1.29 is 9.90 Å². The normalized spacial score (nSPS) is 12.3. The number of aliphatic hydroxyl groups is 1. The number of urea groups is 1. The second kappa shape index (κ2) is 8.85. The van der Waals surface area contributed by atoms with Crippen molar-refractivity contribution in [1.82, 2.24) is 10.2 Å². The van der Waals surface area contributed by atoms with Gasteiger partial charge in [-0.15, -0.1) is 0 Å². The standard InChI is InChI=1S/C10H22N2O2S/c1-4-9(8-15-3)11-10(14)12(5-2)6-7-13/h9,13H,4-8H2,1-3H3,(H,11,14). The van der Waals surface area contributed by atoms with Crippen LogP contribution in [0.15, 0.2) is 0 Å². The maximum Gasteiger partial charge on any atom is 0.317 e. The molecule has 0 aromatic rings. The molecule has 0 heterocycles. The van der Waals surface area contributed by atoms with Crippen LogP contribution in [0.5, 0.6) is 0 Å². The van der Waals surface area contributed by atoms with Crippen LogP contribution in [-0.2, 0) is 0 Å². The fourth-order valence-electron chi connectivity index (χ4n) is 1.25. The molecule has 90 valence electrons. The number of carbonyl (C=O) groups is 1. The summed E-state index contributed by atoms with van der Waals surface area (Å²) in [7, 11) is 0. The Labute approximate surface area is 96.4 Å². The molecule has 0 aliphatic heterocycles. The van der Waals surface area contributed by atoms with Crippen molar-refractivity contribution >= 4 is 17.8 Å². The molecule has 5 heteroatoms. The number of nitrogens with zero attached hydrogens (tertiary/aromatic N) is 1. The first-order chi connectivity index (χ1) is 7.19. The van der Waals surface area contributed by atoms with Crippen molar-refractivity contribution in [1.29, 1.82) is 0 Å². The third-order valence-corrected chi connectivity index (χ3v) is 2.96. The Morgan fingerprint density at radius 2 is 2.20 bits per heavy atom. The molecule has 2 N–H and O–H groups in total. The van der Waals surface area contributed by atoms with Crippen molar-refractivity contribution in [2.24, 2.45) is 0 Å². The van der Waals surface area contributed by atoms with E-state index in [1.54, 1.807) is 16.7 Å². The highest BCUT2D eigenvalue weighted by molar-refractivity contribution is 7.98. The second-order valence-electron chi connectivity index (χ2n) is 3.31. The number of rotatable bonds is 7. The largest absolute Gasteiger partial charge is 0.395 e. The van der Waals surface area contributed by atoms with Crippen LogP contribution in [0.4, 0.5) is 4.79 Å². The van der Waals surface area contributed by atoms with Gasteiger partial charge in [-0.05, 0) is 19.6 Å². The minimum Gasteiger partial charge on any atom is -0.395 e. The van der Waals surface area contributed by atoms with Gasteiger partial charge >= 0.3 is 6.03 Å². The minimum atomic E-state index is -0.0764. The van der Waals surface area contributed by atoms with E-state index >= 15 is 0 Å². The molecule has 2 amide bonds. The summed E-state index contributed by atoms with van der Waals surface area (Å²) >= 11 is 1.73. The van der Waals surface area contributed by atoms with Crippen molar-refractivity contribution in [3.8, 4) is 0 Å². The maximum atomic E-state index is 11.7. The lowest BCUT2D eigenvalue weighted by molar-refractivity contribution is 0.177. The molecule has 4 nitrogen and oxygen atoms in total. The number of hydrogen-bond acceptors (Lipinski definition) is 3. The molecule has 0 aromatic carbocycles. The topological polar surface area (TPSA) is 52.6 Å². The molecule has 0 radical (unpaired) electrons. The van der Waals surface area contributed by atoms with Gasteiger partial charge in [0, 0.05) is 24.9 Å². The van der Waals surface area contributed by atoms with E-state index in [-0.39, 0.29) is 18.7 Å². The molecule has 0 spiro atoms. The molecular formula is C10H22N2O2S. The van der Waals surface area contributed by atoms with Crippen LogP contribution in [0.3, 0.4) is 0 Å². The Morgan fingerprint density at radius 3 is 2.60 bits per heavy atom. The Balaban J connectivity index is 4.05. The van der Waals surface area contributed by atoms with Gasteiger partial charge in [-0.2, -0.15) is 11.8 Å². The number of carbonyl (C=O) groups excluding carboxylic acids is 1. The van der Waals surface area contributed by atoms with Gasteiger partial charge in [-0.25, -0.2) is 4.79 Å². The van der Waals surface area contributed by atoms with Gasteiger partial charge in [-0.3, -0.25) is 0 Å². The van der Waals surface area contributed by atoms with Gasteiger partial charge in [-0.1, -0.05) is 6.92 Å². The van der Waals surface area contributed by atoms with Crippen molar-refractivity contribution in [3.63, 3.8) is 0 Å². The Kier molecular flexibility index (Phi) is 8.61. The summed E-state index contributed by atoms with van der Waals surface area (Å²) in [5.74, 6) is 0.929. The Bertz CT molecular complexity index is 179. The predicted molar refractivity (Wildman–Crippen MR) is 65.3 cm³/mol. The summed E-state index contributed by atoms with van der Waals surface area (Å²) in [6, 6.07) is 0.146. The average Bonchev–Trinajstić information content (AvgIpc) is 2.24. The SMILES string of the molecule is CCC(CSC)NC(=O)N(CC)CCO. The van der Waals surface area contributed by atoms with Crippen molar-refractivity contribution in [2.45, 2.75) is 26.3 Å². The van der Waals surface area contributed by atoms with E-state index in [4.69, 9.17) is 5.11 Å². The van der Waals surface area contributed by atoms with Gasteiger partial charge in [0.1, 0.15) is 0 Å². The lowest BCUT2D eigenvalue weighted by atomic mass is 10.2. The number of amides is 2. The van der Waals surface area contributed by atoms with E-state index in [1.165, 1.54) is 0 Å². The molecule has 1 atom stereocenters. The van der Waals surface area contributed by atoms with Crippen LogP contribution in [0, 0.1) is 0 Å². The highest BCUT2D eigenvalue weighted by Gasteiger charge is 2.14. The maximum absolute atomic E-state index is 11.7. The highest BCUT2D eigenvalue weighted by Crippen LogP contribution is 2.02. The van der Waals surface area contributed by atoms with E-state index < -0.39 is 0 Å². The Hall–Kier alpha value is -0.420. The molecule has 0 rings (SSSR count). The van der Waals surface area contributed by atoms with Gasteiger partial charge in [0.15, 0.2) is 0 Å². The lowest BCUT2D eigenvalue weighted by Crippen LogP contribution is -2.46. The molecule has 0 aliphatic carbocycles. The first kappa shape index (κ1) is 14.6. The summed E-state index contributed by atoms with van der Waals surface area (Å²) < 4.78 is 0. The van der Waals surface area contributed by atoms with E-state index in [0.29, 0.717) is 13.1 Å². The smallest absolute Gasteiger partial charge is 0.317 e. The first-order valence-corrected chi connectivity index (χ1v) is 6.74. The Morgan fingerprint density at radius 1 is 1.53 bits per heavy atom. The third kappa shape index (κ3) is 5.89. The number of thioether (sulfide) groups is 1. The second-order valence-corrected chi connectivity index (χ2v) is 4.22. The number of likely N-dealkylation sites (N-methyl/N-ethyl adjacent to an activating group) is 1. The summed E-state index contributed by atoms with van der Waals surface area (Å²) in [6.07, 6.45) is 2.96. The lowest BCUT2D eigenvalue weighted by Gasteiger charge is -2.24. The van der Waals surface area contributed by atoms with Gasteiger partial charge in [0.25, 0.3) is 0 Å². The molecule has 1 unspecified atom stereocenters. The van der Waals surface area contributed by atoms with Crippen LogP contribution < -0.4 is 5.32 Å². The summed E-state index contributed by atoms with van der Waals surface area (Å²) in [4.78, 5) is 13.3. The summed E-state index contributed by atoms with van der Waals surface area (Å²) in [6.45, 7) is 5.01. The molecule has 0 aliphatic rings. The monoisotopic (exact) mass is 234 g/mol. The van der Waals surface area contributed by atoms with Crippen molar-refractivity contribution in [2.75, 3.05) is 31.7 Å².